The Morgan fingerprint density at radius 2 is 2.11 bits per heavy atom. The summed E-state index contributed by atoms with van der Waals surface area (Å²) >= 11 is 0. The minimum atomic E-state index is -0.786. The maximum atomic E-state index is 12.4. The van der Waals surface area contributed by atoms with Gasteiger partial charge < -0.3 is 10.6 Å². The van der Waals surface area contributed by atoms with Crippen molar-refractivity contribution in [3.8, 4) is 0 Å². The normalized spacial score (nSPS) is 27.2. The SMILES string of the molecule is CC(CCS(C)=O)NC(=O)C1(C(C)C)CCNC1. The van der Waals surface area contributed by atoms with Gasteiger partial charge in [0.15, 0.2) is 0 Å². The number of carbonyl (C=O) groups excluding carboxylic acids is 1. The van der Waals surface area contributed by atoms with Gasteiger partial charge in [-0.15, -0.1) is 0 Å². The Kier molecular flexibility index (Phi) is 5.79. The smallest absolute Gasteiger partial charge is 0.228 e. The van der Waals surface area contributed by atoms with Gasteiger partial charge in [0.05, 0.1) is 5.41 Å². The number of nitrogens with one attached hydrogen (secondary N) is 2. The van der Waals surface area contributed by atoms with E-state index in [9.17, 15) is 9.00 Å². The third-order valence-corrected chi connectivity index (χ3v) is 4.77. The van der Waals surface area contributed by atoms with Gasteiger partial charge in [0.25, 0.3) is 0 Å². The molecule has 1 aliphatic rings. The van der Waals surface area contributed by atoms with Gasteiger partial charge in [-0.1, -0.05) is 13.8 Å². The summed E-state index contributed by atoms with van der Waals surface area (Å²) < 4.78 is 11.0. The first-order chi connectivity index (χ1) is 8.38. The van der Waals surface area contributed by atoms with E-state index in [1.165, 1.54) is 0 Å². The van der Waals surface area contributed by atoms with Crippen molar-refractivity contribution in [1.29, 1.82) is 0 Å². The zero-order valence-corrected chi connectivity index (χ0v) is 12.7. The van der Waals surface area contributed by atoms with Crippen LogP contribution in [0.5, 0.6) is 0 Å². The first-order valence-electron chi connectivity index (χ1n) is 6.70. The van der Waals surface area contributed by atoms with Crippen LogP contribution in [0.4, 0.5) is 0 Å². The molecule has 1 fully saturated rings. The fourth-order valence-corrected chi connectivity index (χ4v) is 3.13. The van der Waals surface area contributed by atoms with E-state index in [-0.39, 0.29) is 17.4 Å². The molecule has 0 bridgehead atoms. The number of amides is 1. The lowest BCUT2D eigenvalue weighted by atomic mass is 9.75. The van der Waals surface area contributed by atoms with E-state index >= 15 is 0 Å². The van der Waals surface area contributed by atoms with E-state index in [4.69, 9.17) is 0 Å². The molecule has 0 aromatic carbocycles. The summed E-state index contributed by atoms with van der Waals surface area (Å²) in [6, 6.07) is 0.0950. The molecule has 18 heavy (non-hydrogen) atoms. The van der Waals surface area contributed by atoms with Crippen molar-refractivity contribution >= 4 is 16.7 Å². The molecule has 3 atom stereocenters. The minimum absolute atomic E-state index is 0.0950. The summed E-state index contributed by atoms with van der Waals surface area (Å²) in [6.45, 7) is 7.89. The molecular formula is C13H26N2O2S. The Balaban J connectivity index is 2.54. The Labute approximate surface area is 113 Å². The molecule has 3 unspecified atom stereocenters. The molecule has 0 aliphatic carbocycles. The van der Waals surface area contributed by atoms with E-state index in [2.05, 4.69) is 24.5 Å². The molecule has 1 heterocycles. The highest BCUT2D eigenvalue weighted by Crippen LogP contribution is 2.34. The van der Waals surface area contributed by atoms with Crippen LogP contribution in [0.1, 0.15) is 33.6 Å². The molecule has 0 aromatic heterocycles. The van der Waals surface area contributed by atoms with Crippen molar-refractivity contribution in [3.63, 3.8) is 0 Å². The van der Waals surface area contributed by atoms with E-state index in [1.807, 2.05) is 6.92 Å². The maximum absolute atomic E-state index is 12.4. The third kappa shape index (κ3) is 3.79. The number of hydrogen-bond acceptors (Lipinski definition) is 3. The van der Waals surface area contributed by atoms with Crippen molar-refractivity contribution in [1.82, 2.24) is 10.6 Å². The molecule has 0 aromatic rings. The first kappa shape index (κ1) is 15.6. The molecule has 0 saturated carbocycles. The van der Waals surface area contributed by atoms with Gasteiger partial charge in [0.2, 0.25) is 5.91 Å². The van der Waals surface area contributed by atoms with Crippen molar-refractivity contribution in [2.24, 2.45) is 11.3 Å². The van der Waals surface area contributed by atoms with Gasteiger partial charge in [-0.2, -0.15) is 0 Å². The second-order valence-corrected chi connectivity index (χ2v) is 7.23. The zero-order valence-electron chi connectivity index (χ0n) is 11.9. The summed E-state index contributed by atoms with van der Waals surface area (Å²) in [5.74, 6) is 1.13. The van der Waals surface area contributed by atoms with E-state index in [0.29, 0.717) is 11.7 Å². The van der Waals surface area contributed by atoms with Gasteiger partial charge >= 0.3 is 0 Å². The third-order valence-electron chi connectivity index (χ3n) is 3.96. The Morgan fingerprint density at radius 3 is 2.56 bits per heavy atom. The molecule has 2 N–H and O–H groups in total. The van der Waals surface area contributed by atoms with Crippen LogP contribution in [-0.4, -0.2) is 41.3 Å². The summed E-state index contributed by atoms with van der Waals surface area (Å²) in [4.78, 5) is 12.4. The molecule has 106 valence electrons. The molecule has 0 spiro atoms. The van der Waals surface area contributed by atoms with Crippen LogP contribution < -0.4 is 10.6 Å². The highest BCUT2D eigenvalue weighted by Gasteiger charge is 2.44. The number of rotatable bonds is 6. The topological polar surface area (TPSA) is 58.2 Å². The van der Waals surface area contributed by atoms with E-state index in [1.54, 1.807) is 6.26 Å². The molecule has 0 radical (unpaired) electrons. The monoisotopic (exact) mass is 274 g/mol. The van der Waals surface area contributed by atoms with Crippen molar-refractivity contribution in [2.75, 3.05) is 25.1 Å². The van der Waals surface area contributed by atoms with Crippen LogP contribution in [0.15, 0.2) is 0 Å². The second kappa shape index (κ2) is 6.66. The fourth-order valence-electron chi connectivity index (χ4n) is 2.44. The largest absolute Gasteiger partial charge is 0.353 e. The van der Waals surface area contributed by atoms with Gasteiger partial charge in [-0.3, -0.25) is 9.00 Å². The number of hydrogen-bond donors (Lipinski definition) is 2. The van der Waals surface area contributed by atoms with Crippen LogP contribution in [-0.2, 0) is 15.6 Å². The Morgan fingerprint density at radius 1 is 1.44 bits per heavy atom. The molecule has 1 rings (SSSR count). The fraction of sp³-hybridized carbons (Fsp3) is 0.923. The molecule has 1 saturated heterocycles. The Bertz CT molecular complexity index is 312. The predicted molar refractivity (Wildman–Crippen MR) is 75.9 cm³/mol. The van der Waals surface area contributed by atoms with Crippen molar-refractivity contribution in [3.05, 3.63) is 0 Å². The summed E-state index contributed by atoms with van der Waals surface area (Å²) in [5, 5.41) is 6.38. The van der Waals surface area contributed by atoms with Crippen LogP contribution >= 0.6 is 0 Å². The Hall–Kier alpha value is -0.420. The van der Waals surface area contributed by atoms with Crippen LogP contribution in [0, 0.1) is 11.3 Å². The van der Waals surface area contributed by atoms with Gasteiger partial charge in [0, 0.05) is 35.4 Å². The molecular weight excluding hydrogens is 248 g/mol. The van der Waals surface area contributed by atoms with Crippen LogP contribution in [0.3, 0.4) is 0 Å². The lowest BCUT2D eigenvalue weighted by Gasteiger charge is -2.32. The van der Waals surface area contributed by atoms with Gasteiger partial charge in [-0.25, -0.2) is 0 Å². The minimum Gasteiger partial charge on any atom is -0.353 e. The standard InChI is InChI=1S/C13H26N2O2S/c1-10(2)13(6-7-14-9-13)12(16)15-11(3)5-8-18(4)17/h10-11,14H,5-9H2,1-4H3,(H,15,16). The highest BCUT2D eigenvalue weighted by molar-refractivity contribution is 7.84. The second-order valence-electron chi connectivity index (χ2n) is 5.68. The molecule has 5 heteroatoms. The summed E-state index contributed by atoms with van der Waals surface area (Å²) in [6.07, 6.45) is 3.38. The average molecular weight is 274 g/mol. The molecule has 1 aliphatic heterocycles. The van der Waals surface area contributed by atoms with Crippen molar-refractivity contribution < 1.29 is 9.00 Å². The van der Waals surface area contributed by atoms with Gasteiger partial charge in [-0.05, 0) is 32.2 Å². The summed E-state index contributed by atoms with van der Waals surface area (Å²) in [5.41, 5.74) is -0.264. The van der Waals surface area contributed by atoms with Gasteiger partial charge in [0.1, 0.15) is 0 Å². The van der Waals surface area contributed by atoms with E-state index < -0.39 is 10.8 Å². The van der Waals surface area contributed by atoms with Crippen LogP contribution in [0.25, 0.3) is 0 Å². The average Bonchev–Trinajstić information content (AvgIpc) is 2.76. The van der Waals surface area contributed by atoms with Crippen LogP contribution in [0.2, 0.25) is 0 Å². The quantitative estimate of drug-likeness (QED) is 0.756. The first-order valence-corrected chi connectivity index (χ1v) is 8.43. The number of carbonyl (C=O) groups is 1. The summed E-state index contributed by atoms with van der Waals surface area (Å²) in [7, 11) is -0.786. The molecule has 1 amide bonds. The molecule has 4 nitrogen and oxygen atoms in total. The predicted octanol–water partition coefficient (Wildman–Crippen LogP) is 0.895. The maximum Gasteiger partial charge on any atom is 0.228 e. The van der Waals surface area contributed by atoms with Crippen molar-refractivity contribution in [2.45, 2.75) is 39.7 Å². The lowest BCUT2D eigenvalue weighted by Crippen LogP contribution is -2.49. The lowest BCUT2D eigenvalue weighted by molar-refractivity contribution is -0.133. The zero-order chi connectivity index (χ0) is 13.8. The highest BCUT2D eigenvalue weighted by atomic mass is 32.2. The van der Waals surface area contributed by atoms with E-state index in [0.717, 1.165) is 25.9 Å².